The molecule has 1 atom stereocenters. The summed E-state index contributed by atoms with van der Waals surface area (Å²) in [5, 5.41) is 11.8. The van der Waals surface area contributed by atoms with Crippen LogP contribution in [0.5, 0.6) is 0 Å². The number of fused-ring (bicyclic) bond motifs is 1. The average Bonchev–Trinajstić information content (AvgIpc) is 3.43. The van der Waals surface area contributed by atoms with E-state index in [1.54, 1.807) is 24.7 Å². The van der Waals surface area contributed by atoms with Crippen molar-refractivity contribution in [1.82, 2.24) is 20.1 Å². The van der Waals surface area contributed by atoms with Gasteiger partial charge in [-0.3, -0.25) is 9.00 Å². The van der Waals surface area contributed by atoms with Crippen LogP contribution in [0.1, 0.15) is 77.5 Å². The van der Waals surface area contributed by atoms with Crippen molar-refractivity contribution in [2.45, 2.75) is 74.5 Å². The largest absolute Gasteiger partial charge is 0.416 e. The van der Waals surface area contributed by atoms with Crippen molar-refractivity contribution in [3.05, 3.63) is 76.4 Å². The molecular formula is C29H32F3N5O2S. The van der Waals surface area contributed by atoms with E-state index in [0.717, 1.165) is 30.7 Å². The van der Waals surface area contributed by atoms with E-state index in [9.17, 15) is 22.2 Å². The Bertz CT molecular complexity index is 1510. The van der Waals surface area contributed by atoms with Gasteiger partial charge in [0.05, 0.1) is 17.5 Å². The molecule has 11 heteroatoms. The van der Waals surface area contributed by atoms with Crippen molar-refractivity contribution in [2.24, 2.45) is 7.05 Å². The molecular weight excluding hydrogens is 539 g/mol. The molecule has 0 unspecified atom stereocenters. The molecule has 0 bridgehead atoms. The second-order valence-corrected chi connectivity index (χ2v) is 13.4. The maximum absolute atomic E-state index is 14.2. The smallest absolute Gasteiger partial charge is 0.320 e. The van der Waals surface area contributed by atoms with Crippen LogP contribution in [0.25, 0.3) is 0 Å². The molecule has 2 aliphatic carbocycles. The van der Waals surface area contributed by atoms with E-state index in [2.05, 4.69) is 22.4 Å². The Hall–Kier alpha value is -3.05. The molecule has 1 aromatic heterocycles. The number of aromatic nitrogens is 3. The van der Waals surface area contributed by atoms with Crippen molar-refractivity contribution >= 4 is 22.4 Å². The quantitative estimate of drug-likeness (QED) is 0.439. The van der Waals surface area contributed by atoms with Gasteiger partial charge in [0, 0.05) is 52.7 Å². The Morgan fingerprint density at radius 1 is 1.18 bits per heavy atom. The first-order chi connectivity index (χ1) is 18.9. The Morgan fingerprint density at radius 2 is 1.93 bits per heavy atom. The van der Waals surface area contributed by atoms with Gasteiger partial charge in [0.15, 0.2) is 0 Å². The van der Waals surface area contributed by atoms with Gasteiger partial charge in [-0.25, -0.2) is 0 Å². The van der Waals surface area contributed by atoms with E-state index in [1.165, 1.54) is 11.0 Å². The topological polar surface area (TPSA) is 80.1 Å². The Kier molecular flexibility index (Phi) is 6.45. The van der Waals surface area contributed by atoms with Crippen molar-refractivity contribution in [3.63, 3.8) is 0 Å². The molecule has 3 aliphatic rings. The zero-order valence-corrected chi connectivity index (χ0v) is 23.5. The second-order valence-electron chi connectivity index (χ2n) is 11.8. The highest BCUT2D eigenvalue weighted by molar-refractivity contribution is 7.85. The predicted molar refractivity (Wildman–Crippen MR) is 146 cm³/mol. The van der Waals surface area contributed by atoms with Crippen molar-refractivity contribution < 1.29 is 22.2 Å². The molecule has 3 aromatic rings. The van der Waals surface area contributed by atoms with E-state index in [-0.39, 0.29) is 35.0 Å². The number of amides is 1. The maximum atomic E-state index is 14.2. The van der Waals surface area contributed by atoms with Crippen LogP contribution in [0.4, 0.5) is 18.9 Å². The van der Waals surface area contributed by atoms with Crippen LogP contribution < -0.4 is 10.2 Å². The number of carbonyl (C=O) groups excluding carboxylic acids is 1. The summed E-state index contributed by atoms with van der Waals surface area (Å²) >= 11 is 0. The Labute approximate surface area is 233 Å². The zero-order valence-electron chi connectivity index (χ0n) is 22.7. The number of alkyl halides is 3. The third-order valence-electron chi connectivity index (χ3n) is 9.05. The molecule has 0 spiro atoms. The van der Waals surface area contributed by atoms with Gasteiger partial charge >= 0.3 is 6.18 Å². The SMILES string of the molecule is Cn1cnnc1C1(c2cccc(N3Cc4c(cc(CNC5(C)CCC5)cc4C(F)(F)F)C3=O)c2)CC([S@](C)=O)C1. The first kappa shape index (κ1) is 27.1. The summed E-state index contributed by atoms with van der Waals surface area (Å²) in [5.74, 6) is 0.294. The van der Waals surface area contributed by atoms with Crippen LogP contribution in [-0.4, -0.2) is 41.9 Å². The molecule has 1 amide bonds. The minimum Gasteiger partial charge on any atom is -0.320 e. The molecule has 1 aliphatic heterocycles. The highest BCUT2D eigenvalue weighted by Crippen LogP contribution is 2.51. The molecule has 40 heavy (non-hydrogen) atoms. The summed E-state index contributed by atoms with van der Waals surface area (Å²) < 4.78 is 56.7. The van der Waals surface area contributed by atoms with E-state index in [0.29, 0.717) is 24.1 Å². The number of hydrogen-bond acceptors (Lipinski definition) is 5. The van der Waals surface area contributed by atoms with Crippen LogP contribution in [0.15, 0.2) is 42.7 Å². The van der Waals surface area contributed by atoms with Gasteiger partial charge in [0.25, 0.3) is 5.91 Å². The number of nitrogens with zero attached hydrogens (tertiary/aromatic N) is 4. The monoisotopic (exact) mass is 571 g/mol. The lowest BCUT2D eigenvalue weighted by molar-refractivity contribution is -0.138. The predicted octanol–water partition coefficient (Wildman–Crippen LogP) is 4.85. The lowest BCUT2D eigenvalue weighted by atomic mass is 9.63. The van der Waals surface area contributed by atoms with E-state index in [4.69, 9.17) is 0 Å². The van der Waals surface area contributed by atoms with Gasteiger partial charge in [-0.05, 0) is 80.0 Å². The van der Waals surface area contributed by atoms with E-state index in [1.807, 2.05) is 29.8 Å². The molecule has 7 nitrogen and oxygen atoms in total. The number of benzene rings is 2. The van der Waals surface area contributed by atoms with Crippen LogP contribution >= 0.6 is 0 Å². The molecule has 2 fully saturated rings. The minimum atomic E-state index is -4.58. The lowest BCUT2D eigenvalue weighted by Crippen LogP contribution is -2.49. The molecule has 0 radical (unpaired) electrons. The first-order valence-electron chi connectivity index (χ1n) is 13.5. The fourth-order valence-electron chi connectivity index (χ4n) is 6.42. The third-order valence-corrected chi connectivity index (χ3v) is 10.3. The molecule has 2 saturated carbocycles. The van der Waals surface area contributed by atoms with Crippen LogP contribution in [0, 0.1) is 0 Å². The molecule has 212 valence electrons. The van der Waals surface area contributed by atoms with Crippen molar-refractivity contribution in [1.29, 1.82) is 0 Å². The number of aryl methyl sites for hydroxylation is 1. The molecule has 2 aromatic carbocycles. The standard InChI is InChI=1S/C29H32F3N5O2S/c1-27(8-5-9-27)33-15-18-10-22-23(24(11-18)29(30,31)32)16-37(25(22)38)20-7-4-6-19(12-20)28(13-21(14-28)40(3)39)26-35-34-17-36(26)2/h4,6-7,10-12,17,21,33H,5,8-9,13-16H2,1-3H3/t21?,28?,40-/m0/s1. The van der Waals surface area contributed by atoms with Crippen LogP contribution in [-0.2, 0) is 42.5 Å². The van der Waals surface area contributed by atoms with Gasteiger partial charge < -0.3 is 14.8 Å². The minimum absolute atomic E-state index is 0.00148. The van der Waals surface area contributed by atoms with Gasteiger partial charge in [-0.15, -0.1) is 10.2 Å². The molecule has 2 heterocycles. The number of carbonyl (C=O) groups is 1. The summed E-state index contributed by atoms with van der Waals surface area (Å²) in [5.41, 5.74) is 0.599. The van der Waals surface area contributed by atoms with Gasteiger partial charge in [-0.1, -0.05) is 12.1 Å². The fraction of sp³-hybridized carbons (Fsp3) is 0.483. The number of nitrogens with one attached hydrogen (secondary N) is 1. The van der Waals surface area contributed by atoms with E-state index >= 15 is 0 Å². The number of anilines is 1. The molecule has 6 rings (SSSR count). The van der Waals surface area contributed by atoms with Gasteiger partial charge in [-0.2, -0.15) is 13.2 Å². The fourth-order valence-corrected chi connectivity index (χ4v) is 7.46. The summed E-state index contributed by atoms with van der Waals surface area (Å²) in [6, 6.07) is 10.2. The lowest BCUT2D eigenvalue weighted by Gasteiger charge is -2.46. The maximum Gasteiger partial charge on any atom is 0.416 e. The van der Waals surface area contributed by atoms with Gasteiger partial charge in [0.1, 0.15) is 12.2 Å². The van der Waals surface area contributed by atoms with Crippen LogP contribution in [0.2, 0.25) is 0 Å². The summed E-state index contributed by atoms with van der Waals surface area (Å²) in [6.45, 7) is 2.19. The van der Waals surface area contributed by atoms with Crippen molar-refractivity contribution in [3.8, 4) is 0 Å². The molecule has 0 saturated heterocycles. The number of hydrogen-bond donors (Lipinski definition) is 1. The normalized spacial score (nSPS) is 24.4. The Balaban J connectivity index is 1.34. The van der Waals surface area contributed by atoms with Gasteiger partial charge in [0.2, 0.25) is 0 Å². The third kappa shape index (κ3) is 4.47. The summed E-state index contributed by atoms with van der Waals surface area (Å²) in [4.78, 5) is 15.1. The number of rotatable bonds is 7. The summed E-state index contributed by atoms with van der Waals surface area (Å²) in [7, 11) is 0.851. The average molecular weight is 572 g/mol. The summed E-state index contributed by atoms with van der Waals surface area (Å²) in [6.07, 6.45) is 3.01. The highest BCUT2D eigenvalue weighted by Gasteiger charge is 2.51. The zero-order chi connectivity index (χ0) is 28.4. The van der Waals surface area contributed by atoms with Crippen molar-refractivity contribution in [2.75, 3.05) is 11.2 Å². The van der Waals surface area contributed by atoms with Crippen LogP contribution in [0.3, 0.4) is 0 Å². The Morgan fingerprint density at radius 3 is 2.52 bits per heavy atom. The molecule has 1 N–H and O–H groups in total. The second kappa shape index (κ2) is 9.51. The van der Waals surface area contributed by atoms with E-state index < -0.39 is 33.9 Å². The number of halogens is 3. The highest BCUT2D eigenvalue weighted by atomic mass is 32.2. The first-order valence-corrected chi connectivity index (χ1v) is 15.1.